The van der Waals surface area contributed by atoms with E-state index in [2.05, 4.69) is 42.2 Å². The zero-order valence-electron chi connectivity index (χ0n) is 5.46. The molecule has 0 saturated carbocycles. The minimum absolute atomic E-state index is 0.704. The average Bonchev–Trinajstić information content (AvgIpc) is 1.97. The second-order valence-electron chi connectivity index (χ2n) is 1.79. The molecule has 58 valence electrons. The van der Waals surface area contributed by atoms with Crippen molar-refractivity contribution in [3.8, 4) is 0 Å². The lowest BCUT2D eigenvalue weighted by Crippen LogP contribution is -1.76. The van der Waals surface area contributed by atoms with Crippen molar-refractivity contribution in [1.82, 2.24) is 0 Å². The van der Waals surface area contributed by atoms with Gasteiger partial charge in [-0.05, 0) is 44.0 Å². The highest BCUT2D eigenvalue weighted by Gasteiger charge is 2.01. The van der Waals surface area contributed by atoms with Gasteiger partial charge in [0.05, 0.1) is 0 Å². The molecule has 0 aliphatic carbocycles. The molecule has 0 heterocycles. The summed E-state index contributed by atoms with van der Waals surface area (Å²) < 4.78 is 1.72. The van der Waals surface area contributed by atoms with Crippen molar-refractivity contribution in [2.24, 2.45) is 16.2 Å². The van der Waals surface area contributed by atoms with Crippen LogP contribution in [0.4, 0.5) is 5.69 Å². The summed E-state index contributed by atoms with van der Waals surface area (Å²) in [6.45, 7) is 0. The number of benzene rings is 1. The third-order valence-corrected chi connectivity index (χ3v) is 2.38. The Morgan fingerprint density at radius 3 is 2.18 bits per heavy atom. The fourth-order valence-electron chi connectivity index (χ4n) is 0.642. The van der Waals surface area contributed by atoms with Crippen LogP contribution in [0.5, 0.6) is 0 Å². The summed E-state index contributed by atoms with van der Waals surface area (Å²) in [5.41, 5.74) is 0.704. The summed E-state index contributed by atoms with van der Waals surface area (Å²) in [6.07, 6.45) is 0. The number of nitrogens with zero attached hydrogens (tertiary/aromatic N) is 2. The Morgan fingerprint density at radius 2 is 1.73 bits per heavy atom. The summed E-state index contributed by atoms with van der Waals surface area (Å²) in [4.78, 5) is 0. The van der Waals surface area contributed by atoms with E-state index in [0.29, 0.717) is 5.69 Å². The van der Waals surface area contributed by atoms with Crippen LogP contribution in [0.1, 0.15) is 0 Å². The molecule has 0 aliphatic rings. The summed E-state index contributed by atoms with van der Waals surface area (Å²) in [6, 6.07) is 5.63. The van der Waals surface area contributed by atoms with Crippen LogP contribution >= 0.6 is 31.9 Å². The van der Waals surface area contributed by atoms with Gasteiger partial charge in [0.15, 0.2) is 0 Å². The normalized spacial score (nSPS) is 10.7. The van der Waals surface area contributed by atoms with E-state index in [0.717, 1.165) is 8.95 Å². The van der Waals surface area contributed by atoms with E-state index in [-0.39, 0.29) is 0 Å². The molecule has 1 aromatic rings. The van der Waals surface area contributed by atoms with Crippen molar-refractivity contribution in [3.63, 3.8) is 0 Å². The lowest BCUT2D eigenvalue weighted by Gasteiger charge is -1.97. The predicted molar refractivity (Wildman–Crippen MR) is 50.5 cm³/mol. The van der Waals surface area contributed by atoms with Crippen LogP contribution < -0.4 is 5.84 Å². The third-order valence-electron chi connectivity index (χ3n) is 1.10. The van der Waals surface area contributed by atoms with Crippen molar-refractivity contribution < 1.29 is 0 Å². The van der Waals surface area contributed by atoms with E-state index in [1.807, 2.05) is 18.2 Å². The van der Waals surface area contributed by atoms with E-state index < -0.39 is 0 Å². The van der Waals surface area contributed by atoms with Crippen molar-refractivity contribution in [2.45, 2.75) is 0 Å². The highest BCUT2D eigenvalue weighted by molar-refractivity contribution is 9.11. The Hall–Kier alpha value is -0.420. The quantitative estimate of drug-likeness (QED) is 0.479. The van der Waals surface area contributed by atoms with Crippen LogP contribution in [0.2, 0.25) is 0 Å². The molecular weight excluding hydrogens is 274 g/mol. The second kappa shape index (κ2) is 3.82. The van der Waals surface area contributed by atoms with Crippen LogP contribution in [-0.2, 0) is 0 Å². The molecule has 0 aliphatic heterocycles. The van der Waals surface area contributed by atoms with Crippen LogP contribution in [0, 0.1) is 0 Å². The van der Waals surface area contributed by atoms with Crippen LogP contribution in [0.3, 0.4) is 0 Å². The molecule has 0 unspecified atom stereocenters. The van der Waals surface area contributed by atoms with Crippen molar-refractivity contribution in [1.29, 1.82) is 0 Å². The van der Waals surface area contributed by atoms with Gasteiger partial charge in [0.25, 0.3) is 0 Å². The summed E-state index contributed by atoms with van der Waals surface area (Å²) >= 11 is 6.62. The van der Waals surface area contributed by atoms with Gasteiger partial charge in [0.2, 0.25) is 0 Å². The van der Waals surface area contributed by atoms with Gasteiger partial charge in [-0.15, -0.1) is 5.11 Å². The zero-order chi connectivity index (χ0) is 8.27. The molecule has 0 saturated heterocycles. The van der Waals surface area contributed by atoms with Gasteiger partial charge in [-0.25, -0.2) is 0 Å². The zero-order valence-corrected chi connectivity index (χ0v) is 8.63. The first-order valence-corrected chi connectivity index (χ1v) is 4.39. The van der Waals surface area contributed by atoms with E-state index in [1.54, 1.807) is 0 Å². The highest BCUT2D eigenvalue weighted by atomic mass is 79.9. The molecule has 11 heavy (non-hydrogen) atoms. The number of nitrogens with two attached hydrogens (primary N) is 1. The fourth-order valence-corrected chi connectivity index (χ4v) is 1.80. The Bertz CT molecular complexity index is 265. The fraction of sp³-hybridized carbons (Fsp3) is 0. The van der Waals surface area contributed by atoms with E-state index in [9.17, 15) is 0 Å². The first-order valence-electron chi connectivity index (χ1n) is 2.80. The standard InChI is InChI=1S/C6H5Br2N3/c7-4-2-1-3-5(8)6(4)10-11-9/h1-3H,(H2,9,10). The van der Waals surface area contributed by atoms with Crippen LogP contribution in [0.25, 0.3) is 0 Å². The molecule has 0 aromatic heterocycles. The van der Waals surface area contributed by atoms with Crippen LogP contribution in [-0.4, -0.2) is 0 Å². The number of rotatable bonds is 1. The molecule has 1 aromatic carbocycles. The Labute approximate surface area is 80.9 Å². The lowest BCUT2D eigenvalue weighted by molar-refractivity contribution is 1.05. The predicted octanol–water partition coefficient (Wildman–Crippen LogP) is 3.17. The van der Waals surface area contributed by atoms with E-state index in [1.165, 1.54) is 0 Å². The molecule has 0 amide bonds. The van der Waals surface area contributed by atoms with Gasteiger partial charge in [-0.1, -0.05) is 11.3 Å². The molecular formula is C6H5Br2N3. The Morgan fingerprint density at radius 1 is 1.18 bits per heavy atom. The summed E-state index contributed by atoms with van der Waals surface area (Å²) in [5.74, 6) is 4.91. The van der Waals surface area contributed by atoms with E-state index >= 15 is 0 Å². The minimum Gasteiger partial charge on any atom is -0.305 e. The molecule has 5 heteroatoms. The molecule has 0 atom stereocenters. The Kier molecular flexibility index (Phi) is 3.02. The van der Waals surface area contributed by atoms with Crippen molar-refractivity contribution in [2.75, 3.05) is 0 Å². The molecule has 0 bridgehead atoms. The largest absolute Gasteiger partial charge is 0.305 e. The van der Waals surface area contributed by atoms with Gasteiger partial charge in [0, 0.05) is 8.95 Å². The smallest absolute Gasteiger partial charge is 0.116 e. The maximum Gasteiger partial charge on any atom is 0.116 e. The first-order chi connectivity index (χ1) is 5.25. The average molecular weight is 279 g/mol. The van der Waals surface area contributed by atoms with Gasteiger partial charge < -0.3 is 5.84 Å². The molecule has 0 radical (unpaired) electrons. The molecule has 0 fully saturated rings. The molecule has 0 spiro atoms. The van der Waals surface area contributed by atoms with Crippen molar-refractivity contribution in [3.05, 3.63) is 27.1 Å². The first kappa shape index (κ1) is 8.67. The SMILES string of the molecule is NN=Nc1c(Br)cccc1Br. The van der Waals surface area contributed by atoms with Gasteiger partial charge in [-0.3, -0.25) is 0 Å². The third kappa shape index (κ3) is 2.00. The van der Waals surface area contributed by atoms with Crippen LogP contribution in [0.15, 0.2) is 37.5 Å². The topological polar surface area (TPSA) is 50.7 Å². The maximum atomic E-state index is 4.91. The van der Waals surface area contributed by atoms with Crippen molar-refractivity contribution >= 4 is 37.5 Å². The van der Waals surface area contributed by atoms with Gasteiger partial charge >= 0.3 is 0 Å². The summed E-state index contributed by atoms with van der Waals surface area (Å²) in [5, 5.41) is 6.91. The van der Waals surface area contributed by atoms with Gasteiger partial charge in [-0.2, -0.15) is 0 Å². The highest BCUT2D eigenvalue weighted by Crippen LogP contribution is 2.32. The monoisotopic (exact) mass is 277 g/mol. The number of hydrogen-bond donors (Lipinski definition) is 1. The van der Waals surface area contributed by atoms with E-state index in [4.69, 9.17) is 5.84 Å². The summed E-state index contributed by atoms with van der Waals surface area (Å²) in [7, 11) is 0. The number of hydrogen-bond acceptors (Lipinski definition) is 2. The molecule has 1 rings (SSSR count). The second-order valence-corrected chi connectivity index (χ2v) is 3.49. The maximum absolute atomic E-state index is 4.91. The molecule has 3 nitrogen and oxygen atoms in total. The number of halogens is 2. The van der Waals surface area contributed by atoms with Gasteiger partial charge in [0.1, 0.15) is 5.69 Å². The minimum atomic E-state index is 0.704. The molecule has 2 N–H and O–H groups in total. The Balaban J connectivity index is 3.20. The lowest BCUT2D eigenvalue weighted by atomic mass is 10.3.